The number of hydrazine groups is 1. The summed E-state index contributed by atoms with van der Waals surface area (Å²) in [4.78, 5) is 77.9. The maximum atomic E-state index is 12.7. The van der Waals surface area contributed by atoms with Crippen molar-refractivity contribution in [2.45, 2.75) is 50.4 Å². The van der Waals surface area contributed by atoms with Crippen molar-refractivity contribution in [1.82, 2.24) is 32.1 Å². The predicted molar refractivity (Wildman–Crippen MR) is 138 cm³/mol. The van der Waals surface area contributed by atoms with Crippen molar-refractivity contribution in [3.05, 3.63) is 0 Å². The lowest BCUT2D eigenvalue weighted by Gasteiger charge is -2.23. The summed E-state index contributed by atoms with van der Waals surface area (Å²) in [5.74, 6) is -4.39. The van der Waals surface area contributed by atoms with E-state index in [2.05, 4.69) is 37.1 Å². The van der Waals surface area contributed by atoms with Crippen LogP contribution in [0.2, 0.25) is 0 Å². The number of rotatable bonds is 7. The molecular weight excluding hydrogens is 536 g/mol. The molecular formula is C21H38N10O9. The van der Waals surface area contributed by atoms with Crippen LogP contribution in [0, 0.1) is 0 Å². The van der Waals surface area contributed by atoms with Crippen LogP contribution in [0.3, 0.4) is 0 Å². The summed E-state index contributed by atoms with van der Waals surface area (Å²) in [5.41, 5.74) is 19.9. The lowest BCUT2D eigenvalue weighted by molar-refractivity contribution is -0.134. The molecule has 1 heterocycles. The van der Waals surface area contributed by atoms with Gasteiger partial charge in [0.15, 0.2) is 5.96 Å². The number of nitrogens with one attached hydrogen (secondary N) is 6. The molecule has 1 rings (SSSR count). The number of guanidine groups is 1. The molecule has 1 fully saturated rings. The molecule has 0 aromatic heterocycles. The zero-order valence-electron chi connectivity index (χ0n) is 22.1. The van der Waals surface area contributed by atoms with E-state index in [-0.39, 0.29) is 51.7 Å². The average molecular weight is 575 g/mol. The van der Waals surface area contributed by atoms with E-state index in [9.17, 15) is 33.9 Å². The molecule has 4 atom stereocenters. The number of aliphatic hydroxyl groups is 1. The summed E-state index contributed by atoms with van der Waals surface area (Å²) in [6.45, 7) is 1.20. The fraction of sp³-hybridized carbons (Fsp3) is 0.667. The number of carbonyl (C=O) groups is 6. The van der Waals surface area contributed by atoms with Gasteiger partial charge in [0, 0.05) is 13.1 Å². The molecule has 13 N–H and O–H groups in total. The molecule has 1 unspecified atom stereocenters. The second-order valence-electron chi connectivity index (χ2n) is 8.56. The van der Waals surface area contributed by atoms with Gasteiger partial charge in [-0.1, -0.05) is 0 Å². The highest BCUT2D eigenvalue weighted by Crippen LogP contribution is 2.00. The van der Waals surface area contributed by atoms with E-state index in [1.165, 1.54) is 6.92 Å². The summed E-state index contributed by atoms with van der Waals surface area (Å²) >= 11 is 0. The van der Waals surface area contributed by atoms with Gasteiger partial charge in [0.25, 0.3) is 11.8 Å². The quantitative estimate of drug-likeness (QED) is 0.0775. The van der Waals surface area contributed by atoms with Crippen LogP contribution in [0.1, 0.15) is 26.2 Å². The Hall–Kier alpha value is -4.23. The SMILES string of the molecule is CC(O)[C@@H]1NC(=O)N[C@@H](CC(N)=O)C(=O)NNC(=O)[C@H](CCCN=C(N)N)NC(=O)COCCOCCNC1=O. The first kappa shape index (κ1) is 33.8. The van der Waals surface area contributed by atoms with Gasteiger partial charge >= 0.3 is 6.03 Å². The normalized spacial score (nSPS) is 23.4. The van der Waals surface area contributed by atoms with Gasteiger partial charge in [0.05, 0.1) is 32.3 Å². The smallest absolute Gasteiger partial charge is 0.316 e. The maximum Gasteiger partial charge on any atom is 0.316 e. The van der Waals surface area contributed by atoms with Crippen molar-refractivity contribution in [3.8, 4) is 0 Å². The minimum atomic E-state index is -1.58. The fourth-order valence-corrected chi connectivity index (χ4v) is 3.20. The highest BCUT2D eigenvalue weighted by Gasteiger charge is 2.29. The number of carbonyl (C=O) groups excluding carboxylic acids is 6. The molecule has 0 aromatic rings. The number of aliphatic hydroxyl groups excluding tert-OH is 1. The zero-order valence-corrected chi connectivity index (χ0v) is 22.1. The standard InChI is InChI=1S/C21H38N10O9/c1-11(32)16-19(37)25-5-6-39-7-8-40-10-15(34)27-12(3-2-4-26-20(23)24)17(35)30-31-18(36)13(9-14(22)33)28-21(38)29-16/h11-13,16,32H,2-10H2,1H3,(H2,22,33)(H,25,37)(H,27,34)(H,30,35)(H,31,36)(H4,23,24,26)(H2,28,29,38)/t11?,12-,13-,16-/m0/s1. The molecule has 0 saturated carbocycles. The number of amides is 7. The third kappa shape index (κ3) is 14.1. The summed E-state index contributed by atoms with van der Waals surface area (Å²) in [6.07, 6.45) is -1.66. The van der Waals surface area contributed by atoms with Crippen LogP contribution in [-0.4, -0.2) is 110 Å². The summed E-state index contributed by atoms with van der Waals surface area (Å²) in [7, 11) is 0. The summed E-state index contributed by atoms with van der Waals surface area (Å²) < 4.78 is 10.5. The minimum Gasteiger partial charge on any atom is -0.391 e. The number of ether oxygens (including phenoxy) is 2. The lowest BCUT2D eigenvalue weighted by atomic mass is 10.1. The molecule has 0 spiro atoms. The first-order valence-electron chi connectivity index (χ1n) is 12.3. The molecule has 0 bridgehead atoms. The summed E-state index contributed by atoms with van der Waals surface area (Å²) in [6, 6.07) is -5.24. The Bertz CT molecular complexity index is 927. The molecule has 7 amide bonds. The Morgan fingerprint density at radius 3 is 2.23 bits per heavy atom. The molecule has 19 heteroatoms. The van der Waals surface area contributed by atoms with E-state index in [4.69, 9.17) is 26.7 Å². The molecule has 1 aliphatic heterocycles. The predicted octanol–water partition coefficient (Wildman–Crippen LogP) is -5.87. The largest absolute Gasteiger partial charge is 0.391 e. The third-order valence-electron chi connectivity index (χ3n) is 5.14. The van der Waals surface area contributed by atoms with Crippen molar-refractivity contribution >= 4 is 41.5 Å². The van der Waals surface area contributed by atoms with Crippen LogP contribution >= 0.6 is 0 Å². The molecule has 0 radical (unpaired) electrons. The molecule has 226 valence electrons. The van der Waals surface area contributed by atoms with Crippen LogP contribution in [0.25, 0.3) is 0 Å². The first-order chi connectivity index (χ1) is 18.9. The van der Waals surface area contributed by atoms with E-state index < -0.39 is 72.8 Å². The molecule has 1 saturated heterocycles. The number of hydrogen-bond donors (Lipinski definition) is 10. The first-order valence-corrected chi connectivity index (χ1v) is 12.3. The van der Waals surface area contributed by atoms with E-state index in [1.807, 2.05) is 0 Å². The average Bonchev–Trinajstić information content (AvgIpc) is 2.87. The number of aliphatic imine (C=N–C) groups is 1. The number of nitrogens with two attached hydrogens (primary N) is 3. The molecule has 0 aromatic carbocycles. The van der Waals surface area contributed by atoms with Crippen LogP contribution in [0.5, 0.6) is 0 Å². The third-order valence-corrected chi connectivity index (χ3v) is 5.14. The van der Waals surface area contributed by atoms with Gasteiger partial charge in [-0.25, -0.2) is 4.79 Å². The van der Waals surface area contributed by atoms with Gasteiger partial charge in [0.1, 0.15) is 24.7 Å². The van der Waals surface area contributed by atoms with Gasteiger partial charge in [-0.15, -0.1) is 0 Å². The molecule has 19 nitrogen and oxygen atoms in total. The van der Waals surface area contributed by atoms with Crippen molar-refractivity contribution in [3.63, 3.8) is 0 Å². The Morgan fingerprint density at radius 1 is 0.950 bits per heavy atom. The number of nitrogens with zero attached hydrogens (tertiary/aromatic N) is 1. The second-order valence-corrected chi connectivity index (χ2v) is 8.56. The Balaban J connectivity index is 3.05. The monoisotopic (exact) mass is 574 g/mol. The van der Waals surface area contributed by atoms with Crippen molar-refractivity contribution < 1.29 is 43.3 Å². The van der Waals surface area contributed by atoms with Crippen molar-refractivity contribution in [2.75, 3.05) is 39.5 Å². The van der Waals surface area contributed by atoms with Gasteiger partial charge in [-0.2, -0.15) is 0 Å². The van der Waals surface area contributed by atoms with Crippen molar-refractivity contribution in [2.24, 2.45) is 22.2 Å². The lowest BCUT2D eigenvalue weighted by Crippen LogP contribution is -2.60. The highest BCUT2D eigenvalue weighted by atomic mass is 16.5. The molecule has 1 aliphatic rings. The number of urea groups is 1. The Morgan fingerprint density at radius 2 is 1.60 bits per heavy atom. The van der Waals surface area contributed by atoms with E-state index >= 15 is 0 Å². The van der Waals surface area contributed by atoms with Crippen LogP contribution in [0.4, 0.5) is 4.79 Å². The van der Waals surface area contributed by atoms with Crippen LogP contribution in [0.15, 0.2) is 4.99 Å². The van der Waals surface area contributed by atoms with Gasteiger partial charge in [-0.05, 0) is 19.8 Å². The Kier molecular flexibility index (Phi) is 15.3. The van der Waals surface area contributed by atoms with Gasteiger partial charge < -0.3 is 53.0 Å². The van der Waals surface area contributed by atoms with Crippen LogP contribution < -0.4 is 49.3 Å². The number of primary amides is 1. The minimum absolute atomic E-state index is 0.0217. The van der Waals surface area contributed by atoms with Crippen LogP contribution in [-0.2, 0) is 33.4 Å². The topological polar surface area (TPSA) is 304 Å². The highest BCUT2D eigenvalue weighted by molar-refractivity contribution is 5.94. The van der Waals surface area contributed by atoms with E-state index in [1.54, 1.807) is 0 Å². The second kappa shape index (κ2) is 18.1. The fourth-order valence-electron chi connectivity index (χ4n) is 3.20. The van der Waals surface area contributed by atoms with Gasteiger partial charge in [-0.3, -0.25) is 39.8 Å². The molecule has 40 heavy (non-hydrogen) atoms. The molecule has 0 aliphatic carbocycles. The van der Waals surface area contributed by atoms with Gasteiger partial charge in [0.2, 0.25) is 17.7 Å². The Labute approximate surface area is 229 Å². The van der Waals surface area contributed by atoms with E-state index in [0.717, 1.165) is 0 Å². The maximum absolute atomic E-state index is 12.7. The van der Waals surface area contributed by atoms with E-state index in [0.29, 0.717) is 0 Å². The zero-order chi connectivity index (χ0) is 30.1. The number of hydrogen-bond acceptors (Lipinski definition) is 10. The van der Waals surface area contributed by atoms with Crippen molar-refractivity contribution in [1.29, 1.82) is 0 Å². The summed E-state index contributed by atoms with van der Waals surface area (Å²) in [5, 5.41) is 19.3.